The lowest BCUT2D eigenvalue weighted by Gasteiger charge is -2.30. The maximum Gasteiger partial charge on any atom is 0.264 e. The first-order chi connectivity index (χ1) is 17.4. The van der Waals surface area contributed by atoms with Crippen molar-refractivity contribution in [2.45, 2.75) is 17.7 Å². The summed E-state index contributed by atoms with van der Waals surface area (Å²) in [4.78, 5) is 13.3. The average Bonchev–Trinajstić information content (AvgIpc) is 2.90. The molecule has 0 spiro atoms. The van der Waals surface area contributed by atoms with Gasteiger partial charge >= 0.3 is 0 Å². The molecule has 0 bridgehead atoms. The first kappa shape index (κ1) is 23.9. The SMILES string of the molecule is O=C(Nc1ccccc1Oc1ccccc1)c1ccc2c(c1)CCCN2S(=O)(=O)c1ccc(Cl)cc1. The number of ether oxygens (including phenoxy) is 1. The van der Waals surface area contributed by atoms with E-state index in [1.54, 1.807) is 42.5 Å². The summed E-state index contributed by atoms with van der Waals surface area (Å²) in [6, 6.07) is 27.8. The molecule has 8 heteroatoms. The van der Waals surface area contributed by atoms with E-state index in [-0.39, 0.29) is 10.8 Å². The number of benzene rings is 4. The Labute approximate surface area is 215 Å². The molecule has 4 aromatic rings. The van der Waals surface area contributed by atoms with E-state index in [1.807, 2.05) is 42.5 Å². The first-order valence-corrected chi connectivity index (χ1v) is 13.3. The van der Waals surface area contributed by atoms with Gasteiger partial charge in [-0.1, -0.05) is 41.9 Å². The highest BCUT2D eigenvalue weighted by atomic mass is 35.5. The number of rotatable bonds is 6. The summed E-state index contributed by atoms with van der Waals surface area (Å²) in [5, 5.41) is 3.39. The molecular weight excluding hydrogens is 496 g/mol. The molecule has 0 aromatic heterocycles. The van der Waals surface area contributed by atoms with Crippen molar-refractivity contribution < 1.29 is 17.9 Å². The minimum Gasteiger partial charge on any atom is -0.455 e. The zero-order valence-corrected chi connectivity index (χ0v) is 20.8. The van der Waals surface area contributed by atoms with Crippen LogP contribution in [0.2, 0.25) is 5.02 Å². The number of para-hydroxylation sites is 3. The molecule has 0 atom stereocenters. The van der Waals surface area contributed by atoms with Crippen molar-refractivity contribution >= 4 is 38.9 Å². The van der Waals surface area contributed by atoms with Gasteiger partial charge in [-0.05, 0) is 85.1 Å². The fourth-order valence-electron chi connectivity index (χ4n) is 4.16. The van der Waals surface area contributed by atoms with Crippen LogP contribution in [-0.4, -0.2) is 20.9 Å². The number of hydrogen-bond donors (Lipinski definition) is 1. The van der Waals surface area contributed by atoms with Gasteiger partial charge in [0, 0.05) is 17.1 Å². The minimum atomic E-state index is -3.75. The molecule has 1 heterocycles. The molecule has 5 rings (SSSR count). The summed E-state index contributed by atoms with van der Waals surface area (Å²) in [5.41, 5.74) is 2.37. The molecule has 0 fully saturated rings. The number of nitrogens with one attached hydrogen (secondary N) is 1. The van der Waals surface area contributed by atoms with Gasteiger partial charge in [0.25, 0.3) is 15.9 Å². The van der Waals surface area contributed by atoms with E-state index < -0.39 is 10.0 Å². The Hall–Kier alpha value is -3.81. The topological polar surface area (TPSA) is 75.7 Å². The highest BCUT2D eigenvalue weighted by Gasteiger charge is 2.29. The van der Waals surface area contributed by atoms with Gasteiger partial charge in [0.1, 0.15) is 5.75 Å². The summed E-state index contributed by atoms with van der Waals surface area (Å²) in [6.07, 6.45) is 1.33. The van der Waals surface area contributed by atoms with Crippen LogP contribution >= 0.6 is 11.6 Å². The van der Waals surface area contributed by atoms with Crippen LogP contribution in [0.3, 0.4) is 0 Å². The zero-order chi connectivity index (χ0) is 25.1. The van der Waals surface area contributed by atoms with Crippen LogP contribution in [0, 0.1) is 0 Å². The number of sulfonamides is 1. The monoisotopic (exact) mass is 518 g/mol. The third-order valence-electron chi connectivity index (χ3n) is 5.93. The summed E-state index contributed by atoms with van der Waals surface area (Å²) < 4.78 is 33.9. The Bertz CT molecular complexity index is 1510. The van der Waals surface area contributed by atoms with Crippen molar-refractivity contribution in [3.63, 3.8) is 0 Å². The fourth-order valence-corrected chi connectivity index (χ4v) is 5.82. The lowest BCUT2D eigenvalue weighted by molar-refractivity contribution is 0.102. The molecular formula is C28H23ClN2O4S. The largest absolute Gasteiger partial charge is 0.455 e. The molecule has 0 aliphatic carbocycles. The lowest BCUT2D eigenvalue weighted by Crippen LogP contribution is -2.35. The van der Waals surface area contributed by atoms with Gasteiger partial charge in [0.15, 0.2) is 5.75 Å². The van der Waals surface area contributed by atoms with Crippen LogP contribution in [0.15, 0.2) is 102 Å². The van der Waals surface area contributed by atoms with Crippen molar-refractivity contribution in [2.75, 3.05) is 16.2 Å². The van der Waals surface area contributed by atoms with Crippen molar-refractivity contribution in [3.8, 4) is 11.5 Å². The van der Waals surface area contributed by atoms with Gasteiger partial charge in [0.05, 0.1) is 16.3 Å². The number of nitrogens with zero attached hydrogens (tertiary/aromatic N) is 1. The van der Waals surface area contributed by atoms with E-state index in [4.69, 9.17) is 16.3 Å². The average molecular weight is 519 g/mol. The van der Waals surface area contributed by atoms with E-state index >= 15 is 0 Å². The first-order valence-electron chi connectivity index (χ1n) is 11.5. The summed E-state index contributed by atoms with van der Waals surface area (Å²) >= 11 is 5.93. The smallest absolute Gasteiger partial charge is 0.264 e. The molecule has 6 nitrogen and oxygen atoms in total. The second-order valence-corrected chi connectivity index (χ2v) is 10.6. The molecule has 0 saturated carbocycles. The number of carbonyl (C=O) groups is 1. The van der Waals surface area contributed by atoms with Crippen LogP contribution in [0.1, 0.15) is 22.3 Å². The van der Waals surface area contributed by atoms with E-state index in [0.717, 1.165) is 5.56 Å². The number of halogens is 1. The Balaban J connectivity index is 1.39. The molecule has 0 saturated heterocycles. The van der Waals surface area contributed by atoms with Crippen LogP contribution in [0.5, 0.6) is 11.5 Å². The molecule has 1 amide bonds. The standard InChI is InChI=1S/C28H23ClN2O4S/c29-22-13-15-24(16-14-22)36(33,34)31-18-6-7-20-19-21(12-17-26(20)31)28(32)30-25-10-4-5-11-27(25)35-23-8-2-1-3-9-23/h1-5,8-17,19H,6-7,18H2,(H,30,32). The highest BCUT2D eigenvalue weighted by Crippen LogP contribution is 2.34. The summed E-state index contributed by atoms with van der Waals surface area (Å²) in [5.74, 6) is 0.879. The lowest BCUT2D eigenvalue weighted by atomic mass is 10.0. The summed E-state index contributed by atoms with van der Waals surface area (Å²) in [7, 11) is -3.75. The van der Waals surface area contributed by atoms with Crippen molar-refractivity contribution in [2.24, 2.45) is 0 Å². The van der Waals surface area contributed by atoms with Gasteiger partial charge in [-0.15, -0.1) is 0 Å². The number of carbonyl (C=O) groups excluding carboxylic acids is 1. The van der Waals surface area contributed by atoms with Gasteiger partial charge < -0.3 is 10.1 Å². The maximum atomic E-state index is 13.3. The molecule has 1 N–H and O–H groups in total. The van der Waals surface area contributed by atoms with Crippen molar-refractivity contribution in [3.05, 3.63) is 113 Å². The molecule has 0 radical (unpaired) electrons. The Morgan fingerprint density at radius 3 is 2.39 bits per heavy atom. The highest BCUT2D eigenvalue weighted by molar-refractivity contribution is 7.92. The van der Waals surface area contributed by atoms with E-state index in [9.17, 15) is 13.2 Å². The Morgan fingerprint density at radius 2 is 1.61 bits per heavy atom. The number of aryl methyl sites for hydroxylation is 1. The van der Waals surface area contributed by atoms with Crippen LogP contribution in [0.25, 0.3) is 0 Å². The van der Waals surface area contributed by atoms with E-state index in [0.29, 0.717) is 52.8 Å². The van der Waals surface area contributed by atoms with Crippen molar-refractivity contribution in [1.29, 1.82) is 0 Å². The quantitative estimate of drug-likeness (QED) is 0.315. The fraction of sp³-hybridized carbons (Fsp3) is 0.107. The second-order valence-electron chi connectivity index (χ2n) is 8.34. The second kappa shape index (κ2) is 10.0. The van der Waals surface area contributed by atoms with E-state index in [2.05, 4.69) is 5.32 Å². The number of fused-ring (bicyclic) bond motifs is 1. The molecule has 1 aliphatic rings. The molecule has 36 heavy (non-hydrogen) atoms. The number of anilines is 2. The zero-order valence-electron chi connectivity index (χ0n) is 19.2. The summed E-state index contributed by atoms with van der Waals surface area (Å²) in [6.45, 7) is 0.369. The van der Waals surface area contributed by atoms with Crippen LogP contribution in [-0.2, 0) is 16.4 Å². The van der Waals surface area contributed by atoms with Gasteiger partial charge in [-0.3, -0.25) is 9.10 Å². The number of amides is 1. The molecule has 1 aliphatic heterocycles. The Kier molecular flexibility index (Phi) is 6.67. The number of hydrogen-bond acceptors (Lipinski definition) is 4. The van der Waals surface area contributed by atoms with Gasteiger partial charge in [0.2, 0.25) is 0 Å². The van der Waals surface area contributed by atoms with Crippen molar-refractivity contribution in [1.82, 2.24) is 0 Å². The predicted octanol–water partition coefficient (Wildman–Crippen LogP) is 6.53. The molecule has 4 aromatic carbocycles. The minimum absolute atomic E-state index is 0.177. The van der Waals surface area contributed by atoms with Gasteiger partial charge in [-0.25, -0.2) is 8.42 Å². The molecule has 182 valence electrons. The van der Waals surface area contributed by atoms with Crippen LogP contribution < -0.4 is 14.4 Å². The predicted molar refractivity (Wildman–Crippen MR) is 142 cm³/mol. The van der Waals surface area contributed by atoms with E-state index in [1.165, 1.54) is 16.4 Å². The maximum absolute atomic E-state index is 13.3. The third kappa shape index (κ3) is 4.94. The van der Waals surface area contributed by atoms with Crippen LogP contribution in [0.4, 0.5) is 11.4 Å². The normalized spacial score (nSPS) is 13.1. The Morgan fingerprint density at radius 1 is 0.889 bits per heavy atom. The van der Waals surface area contributed by atoms with Gasteiger partial charge in [-0.2, -0.15) is 0 Å². The molecule has 0 unspecified atom stereocenters. The third-order valence-corrected chi connectivity index (χ3v) is 8.01.